The van der Waals surface area contributed by atoms with E-state index in [0.29, 0.717) is 0 Å². The van der Waals surface area contributed by atoms with Crippen molar-refractivity contribution in [2.45, 2.75) is 51.5 Å². The van der Waals surface area contributed by atoms with Crippen LogP contribution in [0.3, 0.4) is 0 Å². The summed E-state index contributed by atoms with van der Waals surface area (Å²) in [5.41, 5.74) is 4.67. The van der Waals surface area contributed by atoms with Crippen molar-refractivity contribution in [3.05, 3.63) is 65.7 Å². The van der Waals surface area contributed by atoms with E-state index in [0.717, 1.165) is 40.6 Å². The highest BCUT2D eigenvalue weighted by Gasteiger charge is 2.19. The number of carbonyl (C=O) groups excluding carboxylic acids is 1. The van der Waals surface area contributed by atoms with Crippen molar-refractivity contribution in [2.75, 3.05) is 0 Å². The Bertz CT molecular complexity index is 956. The van der Waals surface area contributed by atoms with E-state index in [-0.39, 0.29) is 11.9 Å². The first-order valence-electron chi connectivity index (χ1n) is 9.98. The number of aryl methyl sites for hydroxylation is 1. The fourth-order valence-corrected chi connectivity index (χ4v) is 4.00. The maximum Gasteiger partial charge on any atom is 0.252 e. The largest absolute Gasteiger partial charge is 0.349 e. The number of fused-ring (bicyclic) bond motifs is 1. The fraction of sp³-hybridized carbons (Fsp3) is 0.333. The summed E-state index contributed by atoms with van der Waals surface area (Å²) in [7, 11) is 0. The molecule has 1 saturated carbocycles. The molecule has 1 aliphatic carbocycles. The normalized spacial score (nSPS) is 15.4. The average molecular weight is 358 g/mol. The summed E-state index contributed by atoms with van der Waals surface area (Å²) in [6, 6.07) is 18.4. The lowest BCUT2D eigenvalue weighted by atomic mass is 10.0. The number of rotatable bonds is 3. The lowest BCUT2D eigenvalue weighted by Gasteiger charge is -2.17. The van der Waals surface area contributed by atoms with Crippen LogP contribution in [0.2, 0.25) is 0 Å². The van der Waals surface area contributed by atoms with Crippen molar-refractivity contribution in [1.82, 2.24) is 10.3 Å². The third-order valence-corrected chi connectivity index (χ3v) is 5.47. The van der Waals surface area contributed by atoms with E-state index in [9.17, 15) is 4.79 Å². The molecule has 27 heavy (non-hydrogen) atoms. The molecule has 0 unspecified atom stereocenters. The van der Waals surface area contributed by atoms with Crippen LogP contribution >= 0.6 is 0 Å². The van der Waals surface area contributed by atoms with Gasteiger partial charge >= 0.3 is 0 Å². The molecule has 1 aromatic heterocycles. The summed E-state index contributed by atoms with van der Waals surface area (Å²) in [5.74, 6) is 0.0226. The van der Waals surface area contributed by atoms with E-state index >= 15 is 0 Å². The Kier molecular flexibility index (Phi) is 5.19. The van der Waals surface area contributed by atoms with Gasteiger partial charge < -0.3 is 5.32 Å². The number of amides is 1. The van der Waals surface area contributed by atoms with Crippen LogP contribution in [0.5, 0.6) is 0 Å². The van der Waals surface area contributed by atoms with Crippen LogP contribution in [-0.4, -0.2) is 16.9 Å². The quantitative estimate of drug-likeness (QED) is 0.614. The molecule has 1 fully saturated rings. The fourth-order valence-electron chi connectivity index (χ4n) is 4.00. The summed E-state index contributed by atoms with van der Waals surface area (Å²) >= 11 is 0. The van der Waals surface area contributed by atoms with Gasteiger partial charge in [-0.2, -0.15) is 0 Å². The summed E-state index contributed by atoms with van der Waals surface area (Å²) in [4.78, 5) is 18.0. The van der Waals surface area contributed by atoms with Crippen LogP contribution in [0.4, 0.5) is 0 Å². The van der Waals surface area contributed by atoms with Crippen molar-refractivity contribution < 1.29 is 4.79 Å². The minimum atomic E-state index is 0.0226. The molecule has 1 amide bonds. The molecular formula is C24H26N2O. The van der Waals surface area contributed by atoms with Gasteiger partial charge in [0.1, 0.15) is 0 Å². The van der Waals surface area contributed by atoms with Gasteiger partial charge in [-0.1, -0.05) is 67.6 Å². The molecule has 1 aliphatic rings. The van der Waals surface area contributed by atoms with E-state index in [1.807, 2.05) is 36.4 Å². The van der Waals surface area contributed by atoms with E-state index < -0.39 is 0 Å². The van der Waals surface area contributed by atoms with Gasteiger partial charge in [-0.05, 0) is 38.0 Å². The lowest BCUT2D eigenvalue weighted by molar-refractivity contribution is 0.0935. The number of para-hydroxylation sites is 1. The standard InChI is InChI=1S/C24H26N2O/c1-17-9-8-10-18(15-17)23-16-21(20-13-6-7-14-22(20)26-23)24(27)25-19-11-4-2-3-5-12-19/h6-10,13-16,19H,2-5,11-12H2,1H3,(H,25,27). The molecule has 0 aliphatic heterocycles. The van der Waals surface area contributed by atoms with Crippen LogP contribution in [0, 0.1) is 6.92 Å². The summed E-state index contributed by atoms with van der Waals surface area (Å²) < 4.78 is 0. The Labute approximate surface area is 160 Å². The van der Waals surface area contributed by atoms with Gasteiger partial charge in [0.15, 0.2) is 0 Å². The van der Waals surface area contributed by atoms with E-state index in [4.69, 9.17) is 4.98 Å². The van der Waals surface area contributed by atoms with Gasteiger partial charge in [-0.15, -0.1) is 0 Å². The number of pyridine rings is 1. The van der Waals surface area contributed by atoms with Crippen molar-refractivity contribution >= 4 is 16.8 Å². The predicted molar refractivity (Wildman–Crippen MR) is 111 cm³/mol. The third kappa shape index (κ3) is 4.02. The van der Waals surface area contributed by atoms with Gasteiger partial charge in [0.05, 0.1) is 16.8 Å². The van der Waals surface area contributed by atoms with Crippen LogP contribution in [-0.2, 0) is 0 Å². The second kappa shape index (κ2) is 7.91. The molecule has 4 rings (SSSR count). The molecule has 0 bridgehead atoms. The zero-order valence-electron chi connectivity index (χ0n) is 15.9. The Morgan fingerprint density at radius 3 is 2.52 bits per heavy atom. The molecule has 138 valence electrons. The zero-order valence-corrected chi connectivity index (χ0v) is 15.9. The lowest BCUT2D eigenvalue weighted by Crippen LogP contribution is -2.34. The van der Waals surface area contributed by atoms with Gasteiger partial charge in [0.25, 0.3) is 5.91 Å². The van der Waals surface area contributed by atoms with Crippen LogP contribution in [0.1, 0.15) is 54.4 Å². The summed E-state index contributed by atoms with van der Waals surface area (Å²) in [6.45, 7) is 2.07. The number of hydrogen-bond acceptors (Lipinski definition) is 2. The number of nitrogens with one attached hydrogen (secondary N) is 1. The van der Waals surface area contributed by atoms with Crippen LogP contribution in [0.15, 0.2) is 54.6 Å². The van der Waals surface area contributed by atoms with Crippen molar-refractivity contribution in [3.63, 3.8) is 0 Å². The van der Waals surface area contributed by atoms with Gasteiger partial charge in [-0.3, -0.25) is 4.79 Å². The number of benzene rings is 2. The van der Waals surface area contributed by atoms with Crippen molar-refractivity contribution in [3.8, 4) is 11.3 Å². The molecular weight excluding hydrogens is 332 g/mol. The Balaban J connectivity index is 1.73. The van der Waals surface area contributed by atoms with Gasteiger partial charge in [0.2, 0.25) is 0 Å². The Morgan fingerprint density at radius 1 is 0.963 bits per heavy atom. The minimum absolute atomic E-state index is 0.0226. The molecule has 3 aromatic rings. The predicted octanol–water partition coefficient (Wildman–Crippen LogP) is 5.66. The summed E-state index contributed by atoms with van der Waals surface area (Å²) in [5, 5.41) is 4.21. The Hall–Kier alpha value is -2.68. The van der Waals surface area contributed by atoms with E-state index in [1.54, 1.807) is 0 Å². The average Bonchev–Trinajstić information content (AvgIpc) is 2.95. The minimum Gasteiger partial charge on any atom is -0.349 e. The molecule has 1 N–H and O–H groups in total. The molecule has 1 heterocycles. The molecule has 0 radical (unpaired) electrons. The molecule has 2 aromatic carbocycles. The number of nitrogens with zero attached hydrogens (tertiary/aromatic N) is 1. The van der Waals surface area contributed by atoms with E-state index in [2.05, 4.69) is 30.4 Å². The molecule has 3 heteroatoms. The highest BCUT2D eigenvalue weighted by molar-refractivity contribution is 6.07. The Morgan fingerprint density at radius 2 is 1.74 bits per heavy atom. The molecule has 3 nitrogen and oxygen atoms in total. The SMILES string of the molecule is Cc1cccc(-c2cc(C(=O)NC3CCCCCC3)c3ccccc3n2)c1. The number of hydrogen-bond donors (Lipinski definition) is 1. The van der Waals surface area contributed by atoms with Gasteiger partial charge in [-0.25, -0.2) is 4.98 Å². The van der Waals surface area contributed by atoms with E-state index in [1.165, 1.54) is 31.2 Å². The molecule has 0 atom stereocenters. The first-order valence-corrected chi connectivity index (χ1v) is 9.98. The zero-order chi connectivity index (χ0) is 18.6. The summed E-state index contributed by atoms with van der Waals surface area (Å²) in [6.07, 6.45) is 7.14. The number of carbonyl (C=O) groups is 1. The molecule has 0 spiro atoms. The van der Waals surface area contributed by atoms with Crippen molar-refractivity contribution in [1.29, 1.82) is 0 Å². The second-order valence-electron chi connectivity index (χ2n) is 7.60. The highest BCUT2D eigenvalue weighted by Crippen LogP contribution is 2.26. The first kappa shape index (κ1) is 17.7. The monoisotopic (exact) mass is 358 g/mol. The number of aromatic nitrogens is 1. The van der Waals surface area contributed by atoms with Gasteiger partial charge in [0, 0.05) is 17.0 Å². The first-order chi connectivity index (χ1) is 13.2. The maximum absolute atomic E-state index is 13.2. The highest BCUT2D eigenvalue weighted by atomic mass is 16.1. The topological polar surface area (TPSA) is 42.0 Å². The van der Waals surface area contributed by atoms with Crippen LogP contribution < -0.4 is 5.32 Å². The van der Waals surface area contributed by atoms with Crippen molar-refractivity contribution in [2.24, 2.45) is 0 Å². The smallest absolute Gasteiger partial charge is 0.252 e. The second-order valence-corrected chi connectivity index (χ2v) is 7.60. The third-order valence-electron chi connectivity index (χ3n) is 5.47. The molecule has 0 saturated heterocycles. The van der Waals surface area contributed by atoms with Crippen LogP contribution in [0.25, 0.3) is 22.2 Å². The maximum atomic E-state index is 13.2.